The van der Waals surface area contributed by atoms with Crippen LogP contribution in [0, 0.1) is 0 Å². The minimum absolute atomic E-state index is 0.124. The number of anilines is 1. The van der Waals surface area contributed by atoms with Gasteiger partial charge in [-0.05, 0) is 62.9 Å². The molecule has 2 aromatic rings. The Balaban J connectivity index is 1.86. The van der Waals surface area contributed by atoms with Crippen LogP contribution in [-0.2, 0) is 0 Å². The lowest BCUT2D eigenvalue weighted by atomic mass is 10.3. The number of nitrogens with one attached hydrogen (secondary N) is 1. The number of benzene rings is 1. The van der Waals surface area contributed by atoms with Crippen LogP contribution in [0.25, 0.3) is 0 Å². The molecule has 1 aliphatic carbocycles. The molecule has 0 aliphatic heterocycles. The molecule has 1 N–H and O–H groups in total. The summed E-state index contributed by atoms with van der Waals surface area (Å²) in [5, 5.41) is 2.93. The number of aromatic nitrogens is 1. The normalized spacial score (nSPS) is 14.0. The standard InChI is InChI=1S/C15H14Br2N2O2/c1-21-11-4-5-12(17)13(7-11)18-15(20)14-6-9(16)8-19(14)10-2-3-10/h4-8,10H,2-3H2,1H3,(H,18,20). The van der Waals surface area contributed by atoms with Crippen molar-refractivity contribution >= 4 is 43.5 Å². The van der Waals surface area contributed by atoms with E-state index < -0.39 is 0 Å². The van der Waals surface area contributed by atoms with Gasteiger partial charge in [0.1, 0.15) is 11.4 Å². The Morgan fingerprint density at radius 1 is 1.33 bits per heavy atom. The fourth-order valence-corrected chi connectivity index (χ4v) is 2.98. The van der Waals surface area contributed by atoms with Gasteiger partial charge in [-0.15, -0.1) is 0 Å². The van der Waals surface area contributed by atoms with Crippen LogP contribution in [-0.4, -0.2) is 17.6 Å². The first kappa shape index (κ1) is 14.7. The quantitative estimate of drug-likeness (QED) is 0.795. The van der Waals surface area contributed by atoms with Crippen LogP contribution < -0.4 is 10.1 Å². The van der Waals surface area contributed by atoms with E-state index in [2.05, 4.69) is 37.2 Å². The molecule has 0 radical (unpaired) electrons. The monoisotopic (exact) mass is 412 g/mol. The predicted octanol–water partition coefficient (Wildman–Crippen LogP) is 4.61. The van der Waals surface area contributed by atoms with E-state index in [-0.39, 0.29) is 5.91 Å². The molecule has 6 heteroatoms. The summed E-state index contributed by atoms with van der Waals surface area (Å²) in [7, 11) is 1.60. The minimum atomic E-state index is -0.124. The molecule has 0 unspecified atom stereocenters. The van der Waals surface area contributed by atoms with Crippen LogP contribution in [0.1, 0.15) is 29.4 Å². The molecule has 1 aromatic heterocycles. The zero-order valence-corrected chi connectivity index (χ0v) is 14.6. The number of rotatable bonds is 4. The van der Waals surface area contributed by atoms with Crippen LogP contribution in [0.3, 0.4) is 0 Å². The van der Waals surface area contributed by atoms with E-state index in [1.54, 1.807) is 13.2 Å². The zero-order valence-electron chi connectivity index (χ0n) is 11.4. The lowest BCUT2D eigenvalue weighted by Gasteiger charge is -2.11. The summed E-state index contributed by atoms with van der Waals surface area (Å²) >= 11 is 6.88. The predicted molar refractivity (Wildman–Crippen MR) is 89.1 cm³/mol. The van der Waals surface area contributed by atoms with Crippen molar-refractivity contribution in [1.82, 2.24) is 4.57 Å². The van der Waals surface area contributed by atoms with Gasteiger partial charge in [-0.3, -0.25) is 4.79 Å². The molecule has 1 saturated carbocycles. The summed E-state index contributed by atoms with van der Waals surface area (Å²) in [6.07, 6.45) is 4.22. The van der Waals surface area contributed by atoms with Gasteiger partial charge < -0.3 is 14.6 Å². The van der Waals surface area contributed by atoms with Crippen molar-refractivity contribution in [2.75, 3.05) is 12.4 Å². The smallest absolute Gasteiger partial charge is 0.272 e. The Hall–Kier alpha value is -1.27. The Morgan fingerprint density at radius 3 is 2.76 bits per heavy atom. The highest BCUT2D eigenvalue weighted by molar-refractivity contribution is 9.10. The number of amides is 1. The first-order valence-corrected chi connectivity index (χ1v) is 8.19. The number of carbonyl (C=O) groups excluding carboxylic acids is 1. The first-order chi connectivity index (χ1) is 10.1. The fraction of sp³-hybridized carbons (Fsp3) is 0.267. The maximum Gasteiger partial charge on any atom is 0.272 e. The topological polar surface area (TPSA) is 43.3 Å². The molecule has 0 atom stereocenters. The van der Waals surface area contributed by atoms with Gasteiger partial charge in [0, 0.05) is 27.3 Å². The SMILES string of the molecule is COc1ccc(Br)c(NC(=O)c2cc(Br)cn2C2CC2)c1. The number of nitrogens with zero attached hydrogens (tertiary/aromatic N) is 1. The van der Waals surface area contributed by atoms with Crippen molar-refractivity contribution in [2.45, 2.75) is 18.9 Å². The van der Waals surface area contributed by atoms with Crippen molar-refractivity contribution in [3.05, 3.63) is 45.1 Å². The summed E-state index contributed by atoms with van der Waals surface area (Å²) < 4.78 is 8.96. The van der Waals surface area contributed by atoms with Gasteiger partial charge in [-0.25, -0.2) is 0 Å². The average molecular weight is 414 g/mol. The zero-order chi connectivity index (χ0) is 15.0. The van der Waals surface area contributed by atoms with Crippen LogP contribution >= 0.6 is 31.9 Å². The maximum atomic E-state index is 12.5. The Labute approximate surface area is 139 Å². The van der Waals surface area contributed by atoms with Gasteiger partial charge in [0.15, 0.2) is 0 Å². The second-order valence-corrected chi connectivity index (χ2v) is 6.75. The number of ether oxygens (including phenoxy) is 1. The highest BCUT2D eigenvalue weighted by Gasteiger charge is 2.28. The summed E-state index contributed by atoms with van der Waals surface area (Å²) in [4.78, 5) is 12.5. The molecule has 1 aromatic carbocycles. The van der Waals surface area contributed by atoms with Gasteiger partial charge in [0.2, 0.25) is 0 Å². The Morgan fingerprint density at radius 2 is 2.10 bits per heavy atom. The van der Waals surface area contributed by atoms with Crippen LogP contribution in [0.5, 0.6) is 5.75 Å². The van der Waals surface area contributed by atoms with Gasteiger partial charge in [0.05, 0.1) is 12.8 Å². The Kier molecular flexibility index (Phi) is 4.08. The number of carbonyl (C=O) groups is 1. The molecule has 1 aliphatic rings. The highest BCUT2D eigenvalue weighted by atomic mass is 79.9. The van der Waals surface area contributed by atoms with Gasteiger partial charge in [-0.1, -0.05) is 0 Å². The van der Waals surface area contributed by atoms with Gasteiger partial charge in [-0.2, -0.15) is 0 Å². The third-order valence-corrected chi connectivity index (χ3v) is 4.53. The number of hydrogen-bond acceptors (Lipinski definition) is 2. The van der Waals surface area contributed by atoms with Crippen molar-refractivity contribution in [3.63, 3.8) is 0 Å². The first-order valence-electron chi connectivity index (χ1n) is 6.61. The largest absolute Gasteiger partial charge is 0.497 e. The van der Waals surface area contributed by atoms with E-state index in [4.69, 9.17) is 4.74 Å². The second-order valence-electron chi connectivity index (χ2n) is 4.98. The Bertz CT molecular complexity index is 693. The number of halogens is 2. The molecule has 0 spiro atoms. The summed E-state index contributed by atoms with van der Waals surface area (Å²) in [6.45, 7) is 0. The summed E-state index contributed by atoms with van der Waals surface area (Å²) in [5.41, 5.74) is 1.36. The lowest BCUT2D eigenvalue weighted by Crippen LogP contribution is -2.16. The van der Waals surface area contributed by atoms with Crippen LogP contribution in [0.4, 0.5) is 5.69 Å². The van der Waals surface area contributed by atoms with Gasteiger partial charge in [0.25, 0.3) is 5.91 Å². The lowest BCUT2D eigenvalue weighted by molar-refractivity contribution is 0.101. The van der Waals surface area contributed by atoms with Crippen LogP contribution in [0.2, 0.25) is 0 Å². The van der Waals surface area contributed by atoms with Crippen molar-refractivity contribution in [2.24, 2.45) is 0 Å². The molecule has 1 fully saturated rings. The molecular weight excluding hydrogens is 400 g/mol. The second kappa shape index (κ2) is 5.85. The number of methoxy groups -OCH3 is 1. The highest BCUT2D eigenvalue weighted by Crippen LogP contribution is 2.38. The molecule has 0 bridgehead atoms. The third kappa shape index (κ3) is 3.16. The minimum Gasteiger partial charge on any atom is -0.497 e. The summed E-state index contributed by atoms with van der Waals surface area (Å²) in [6, 6.07) is 7.78. The van der Waals surface area contributed by atoms with Gasteiger partial charge >= 0.3 is 0 Å². The number of hydrogen-bond donors (Lipinski definition) is 1. The van der Waals surface area contributed by atoms with Crippen molar-refractivity contribution in [3.8, 4) is 5.75 Å². The van der Waals surface area contributed by atoms with Crippen LogP contribution in [0.15, 0.2) is 39.4 Å². The van der Waals surface area contributed by atoms with E-state index in [0.29, 0.717) is 23.2 Å². The maximum absolute atomic E-state index is 12.5. The van der Waals surface area contributed by atoms with E-state index in [1.165, 1.54) is 0 Å². The molecule has 1 heterocycles. The molecule has 4 nitrogen and oxygen atoms in total. The molecule has 21 heavy (non-hydrogen) atoms. The average Bonchev–Trinajstić information content (AvgIpc) is 3.23. The fourth-order valence-electron chi connectivity index (χ4n) is 2.20. The van der Waals surface area contributed by atoms with E-state index in [0.717, 1.165) is 21.8 Å². The van der Waals surface area contributed by atoms with E-state index in [1.807, 2.05) is 29.0 Å². The third-order valence-electron chi connectivity index (χ3n) is 3.41. The molecule has 110 valence electrons. The summed E-state index contributed by atoms with van der Waals surface area (Å²) in [5.74, 6) is 0.578. The van der Waals surface area contributed by atoms with Crippen molar-refractivity contribution < 1.29 is 9.53 Å². The molecule has 3 rings (SSSR count). The molecule has 1 amide bonds. The van der Waals surface area contributed by atoms with E-state index >= 15 is 0 Å². The van der Waals surface area contributed by atoms with E-state index in [9.17, 15) is 4.79 Å². The molecular formula is C15H14Br2N2O2. The van der Waals surface area contributed by atoms with Crippen molar-refractivity contribution in [1.29, 1.82) is 0 Å². The molecule has 0 saturated heterocycles.